The molecule has 146 valence electrons. The summed E-state index contributed by atoms with van der Waals surface area (Å²) in [6.07, 6.45) is 0. The van der Waals surface area contributed by atoms with E-state index in [0.29, 0.717) is 24.5 Å². The Morgan fingerprint density at radius 3 is 2.63 bits per heavy atom. The van der Waals surface area contributed by atoms with E-state index in [1.807, 2.05) is 11.8 Å². The Balaban J connectivity index is 1.89. The first kappa shape index (κ1) is 19.7. The number of methoxy groups -OCH3 is 1. The van der Waals surface area contributed by atoms with E-state index in [1.165, 1.54) is 17.0 Å². The first-order valence-electron chi connectivity index (χ1n) is 8.78. The van der Waals surface area contributed by atoms with Crippen molar-refractivity contribution in [3.8, 4) is 0 Å². The number of rotatable bonds is 6. The number of ether oxygens (including phenoxy) is 1. The molecule has 2 amide bonds. The standard InChI is InChI=1S/C18H23N3O5S/c1-26-7-4-20-14-3-2-13(18(24)25)10-15(14)21(12-17(20)23)16(22)11-19-5-8-27-9-6-19/h2-3,10H,4-9,11-12H2,1H3,(H,24,25). The number of aromatic carboxylic acids is 1. The molecule has 1 N–H and O–H groups in total. The maximum Gasteiger partial charge on any atom is 0.335 e. The minimum Gasteiger partial charge on any atom is -0.478 e. The van der Waals surface area contributed by atoms with Gasteiger partial charge < -0.3 is 14.7 Å². The van der Waals surface area contributed by atoms with E-state index >= 15 is 0 Å². The smallest absolute Gasteiger partial charge is 0.335 e. The summed E-state index contributed by atoms with van der Waals surface area (Å²) in [6.45, 7) is 2.50. The number of hydrogen-bond donors (Lipinski definition) is 1. The quantitative estimate of drug-likeness (QED) is 0.763. The van der Waals surface area contributed by atoms with Gasteiger partial charge in [0.05, 0.1) is 30.1 Å². The van der Waals surface area contributed by atoms with Crippen LogP contribution in [0, 0.1) is 0 Å². The molecule has 0 aromatic heterocycles. The number of nitrogens with zero attached hydrogens (tertiary/aromatic N) is 3. The molecule has 0 aliphatic carbocycles. The molecule has 2 aliphatic rings. The molecule has 1 aromatic carbocycles. The molecule has 3 rings (SSSR count). The summed E-state index contributed by atoms with van der Waals surface area (Å²) >= 11 is 1.86. The van der Waals surface area contributed by atoms with Crippen molar-refractivity contribution in [1.82, 2.24) is 4.90 Å². The lowest BCUT2D eigenvalue weighted by Crippen LogP contribution is -2.52. The number of anilines is 2. The van der Waals surface area contributed by atoms with Gasteiger partial charge in [-0.1, -0.05) is 0 Å². The van der Waals surface area contributed by atoms with Crippen LogP contribution in [0.15, 0.2) is 18.2 Å². The van der Waals surface area contributed by atoms with Crippen LogP contribution >= 0.6 is 11.8 Å². The summed E-state index contributed by atoms with van der Waals surface area (Å²) in [5.74, 6) is 0.502. The van der Waals surface area contributed by atoms with E-state index in [1.54, 1.807) is 18.1 Å². The highest BCUT2D eigenvalue weighted by molar-refractivity contribution is 7.99. The third kappa shape index (κ3) is 4.42. The predicted octanol–water partition coefficient (Wildman–Crippen LogP) is 0.760. The molecule has 2 heterocycles. The molecular formula is C18H23N3O5S. The van der Waals surface area contributed by atoms with Gasteiger partial charge in [0.2, 0.25) is 11.8 Å². The van der Waals surface area contributed by atoms with Gasteiger partial charge in [0, 0.05) is 38.2 Å². The molecule has 0 atom stereocenters. The number of carbonyl (C=O) groups is 3. The van der Waals surface area contributed by atoms with Crippen molar-refractivity contribution < 1.29 is 24.2 Å². The van der Waals surface area contributed by atoms with E-state index in [0.717, 1.165) is 24.6 Å². The van der Waals surface area contributed by atoms with Crippen LogP contribution in [0.5, 0.6) is 0 Å². The number of carbonyl (C=O) groups excluding carboxylic acids is 2. The molecule has 1 fully saturated rings. The van der Waals surface area contributed by atoms with Gasteiger partial charge in [-0.3, -0.25) is 19.4 Å². The Morgan fingerprint density at radius 2 is 1.96 bits per heavy atom. The van der Waals surface area contributed by atoms with Gasteiger partial charge >= 0.3 is 5.97 Å². The van der Waals surface area contributed by atoms with Gasteiger partial charge in [-0.05, 0) is 18.2 Å². The normalized spacial score (nSPS) is 17.7. The number of benzene rings is 1. The van der Waals surface area contributed by atoms with Crippen molar-refractivity contribution in [2.75, 3.05) is 67.7 Å². The summed E-state index contributed by atoms with van der Waals surface area (Å²) < 4.78 is 5.07. The van der Waals surface area contributed by atoms with E-state index in [9.17, 15) is 19.5 Å². The second kappa shape index (κ2) is 8.73. The lowest BCUT2D eigenvalue weighted by molar-refractivity contribution is -0.123. The van der Waals surface area contributed by atoms with Gasteiger partial charge in [-0.15, -0.1) is 0 Å². The van der Waals surface area contributed by atoms with E-state index < -0.39 is 5.97 Å². The van der Waals surface area contributed by atoms with Gasteiger partial charge in [-0.25, -0.2) is 4.79 Å². The molecule has 2 aliphatic heterocycles. The van der Waals surface area contributed by atoms with Crippen LogP contribution in [0.2, 0.25) is 0 Å². The Hall–Kier alpha value is -2.10. The topological polar surface area (TPSA) is 90.4 Å². The van der Waals surface area contributed by atoms with Crippen LogP contribution in [0.25, 0.3) is 0 Å². The Morgan fingerprint density at radius 1 is 1.22 bits per heavy atom. The highest BCUT2D eigenvalue weighted by Gasteiger charge is 2.33. The van der Waals surface area contributed by atoms with Crippen LogP contribution in [0.3, 0.4) is 0 Å². The summed E-state index contributed by atoms with van der Waals surface area (Å²) in [5, 5.41) is 9.32. The Bertz CT molecular complexity index is 736. The number of carboxylic acid groups (broad SMARTS) is 1. The van der Waals surface area contributed by atoms with Gasteiger partial charge in [0.25, 0.3) is 0 Å². The second-order valence-corrected chi connectivity index (χ2v) is 7.64. The molecular weight excluding hydrogens is 370 g/mol. The van der Waals surface area contributed by atoms with E-state index in [2.05, 4.69) is 4.90 Å². The van der Waals surface area contributed by atoms with Crippen molar-refractivity contribution in [2.45, 2.75) is 0 Å². The Labute approximate surface area is 162 Å². The van der Waals surface area contributed by atoms with Crippen molar-refractivity contribution in [1.29, 1.82) is 0 Å². The van der Waals surface area contributed by atoms with Crippen LogP contribution in [-0.2, 0) is 14.3 Å². The number of carboxylic acids is 1. The number of thioether (sulfide) groups is 1. The van der Waals surface area contributed by atoms with Crippen LogP contribution in [0.1, 0.15) is 10.4 Å². The summed E-state index contributed by atoms with van der Waals surface area (Å²) in [4.78, 5) is 42.0. The zero-order valence-corrected chi connectivity index (χ0v) is 16.0. The van der Waals surface area contributed by atoms with Crippen molar-refractivity contribution in [2.24, 2.45) is 0 Å². The maximum atomic E-state index is 12.9. The average molecular weight is 393 g/mol. The fourth-order valence-corrected chi connectivity index (χ4v) is 4.21. The first-order valence-corrected chi connectivity index (χ1v) is 9.94. The fraction of sp³-hybridized carbons (Fsp3) is 0.500. The van der Waals surface area contributed by atoms with Crippen molar-refractivity contribution in [3.63, 3.8) is 0 Å². The Kier molecular flexibility index (Phi) is 6.35. The SMILES string of the molecule is COCCN1C(=O)CN(C(=O)CN2CCSCC2)c2cc(C(=O)O)ccc21. The molecule has 9 heteroatoms. The molecule has 27 heavy (non-hydrogen) atoms. The minimum absolute atomic E-state index is 0.0852. The highest BCUT2D eigenvalue weighted by Crippen LogP contribution is 2.34. The number of fused-ring (bicyclic) bond motifs is 1. The molecule has 8 nitrogen and oxygen atoms in total. The molecule has 1 saturated heterocycles. The molecule has 0 radical (unpaired) electrons. The van der Waals surface area contributed by atoms with Crippen molar-refractivity contribution >= 4 is 40.9 Å². The molecule has 0 unspecified atom stereocenters. The first-order chi connectivity index (χ1) is 13.0. The minimum atomic E-state index is -1.07. The third-order valence-corrected chi connectivity index (χ3v) is 5.62. The predicted molar refractivity (Wildman–Crippen MR) is 104 cm³/mol. The summed E-state index contributed by atoms with van der Waals surface area (Å²) in [6, 6.07) is 4.50. The fourth-order valence-electron chi connectivity index (χ4n) is 3.23. The van der Waals surface area contributed by atoms with E-state index in [-0.39, 0.29) is 30.5 Å². The van der Waals surface area contributed by atoms with Gasteiger partial charge in [-0.2, -0.15) is 11.8 Å². The number of amides is 2. The van der Waals surface area contributed by atoms with Crippen LogP contribution < -0.4 is 9.80 Å². The average Bonchev–Trinajstić information content (AvgIpc) is 2.67. The number of hydrogen-bond acceptors (Lipinski definition) is 6. The largest absolute Gasteiger partial charge is 0.478 e. The molecule has 0 spiro atoms. The third-order valence-electron chi connectivity index (χ3n) is 4.68. The molecule has 0 saturated carbocycles. The lowest BCUT2D eigenvalue weighted by atomic mass is 10.1. The zero-order valence-electron chi connectivity index (χ0n) is 15.2. The van der Waals surface area contributed by atoms with Gasteiger partial charge in [0.15, 0.2) is 0 Å². The second-order valence-electron chi connectivity index (χ2n) is 6.42. The summed E-state index contributed by atoms with van der Waals surface area (Å²) in [7, 11) is 1.55. The van der Waals surface area contributed by atoms with E-state index in [4.69, 9.17) is 4.74 Å². The molecule has 1 aromatic rings. The zero-order chi connectivity index (χ0) is 19.4. The lowest BCUT2D eigenvalue weighted by Gasteiger charge is -2.37. The van der Waals surface area contributed by atoms with Crippen LogP contribution in [-0.4, -0.2) is 85.7 Å². The maximum absolute atomic E-state index is 12.9. The van der Waals surface area contributed by atoms with Crippen molar-refractivity contribution in [3.05, 3.63) is 23.8 Å². The monoisotopic (exact) mass is 393 g/mol. The van der Waals surface area contributed by atoms with Crippen LogP contribution in [0.4, 0.5) is 11.4 Å². The summed E-state index contributed by atoms with van der Waals surface area (Å²) in [5.41, 5.74) is 1.08. The highest BCUT2D eigenvalue weighted by atomic mass is 32.2. The van der Waals surface area contributed by atoms with Gasteiger partial charge in [0.1, 0.15) is 6.54 Å². The molecule has 0 bridgehead atoms.